The van der Waals surface area contributed by atoms with E-state index >= 15 is 0 Å². The number of fused-ring (bicyclic) bond motifs is 3. The van der Waals surface area contributed by atoms with E-state index in [0.717, 1.165) is 27.0 Å². The smallest absolute Gasteiger partial charge is 0.247 e. The molecule has 1 aliphatic heterocycles. The molecule has 0 bridgehead atoms. The molecule has 0 aliphatic carbocycles. The van der Waals surface area contributed by atoms with Crippen molar-refractivity contribution in [3.63, 3.8) is 0 Å². The molecule has 4 rings (SSSR count). The Kier molecular flexibility index (Phi) is 5.61. The number of nitrogens with one attached hydrogen (secondary N) is 1. The van der Waals surface area contributed by atoms with Crippen LogP contribution in [0.2, 0.25) is 5.02 Å². The average Bonchev–Trinajstić information content (AvgIpc) is 2.84. The number of benzene rings is 2. The Bertz CT molecular complexity index is 1040. The van der Waals surface area contributed by atoms with Gasteiger partial charge in [-0.1, -0.05) is 46.2 Å². The SMILES string of the molecule is CCSc1nnc2c(n1)OC(c1cc(Cl)ccc1OC)Nc1ccc(Br)cc1-2. The van der Waals surface area contributed by atoms with Crippen molar-refractivity contribution in [1.82, 2.24) is 15.2 Å². The zero-order chi connectivity index (χ0) is 19.7. The monoisotopic (exact) mass is 478 g/mol. The summed E-state index contributed by atoms with van der Waals surface area (Å²) in [5.41, 5.74) is 3.04. The molecule has 0 saturated carbocycles. The van der Waals surface area contributed by atoms with E-state index < -0.39 is 6.23 Å². The number of rotatable bonds is 4. The highest BCUT2D eigenvalue weighted by Gasteiger charge is 2.28. The number of aromatic nitrogens is 3. The van der Waals surface area contributed by atoms with E-state index in [0.29, 0.717) is 27.5 Å². The molecule has 0 amide bonds. The normalized spacial score (nSPS) is 14.9. The second-order valence-corrected chi connectivity index (χ2v) is 8.48. The fraction of sp³-hybridized carbons (Fsp3) is 0.211. The molecule has 1 aromatic heterocycles. The predicted molar refractivity (Wildman–Crippen MR) is 114 cm³/mol. The van der Waals surface area contributed by atoms with Gasteiger partial charge in [-0.05, 0) is 42.2 Å². The van der Waals surface area contributed by atoms with Crippen LogP contribution in [-0.2, 0) is 0 Å². The molecule has 9 heteroatoms. The molecule has 1 unspecified atom stereocenters. The largest absolute Gasteiger partial charge is 0.496 e. The van der Waals surface area contributed by atoms with Gasteiger partial charge in [0.25, 0.3) is 0 Å². The van der Waals surface area contributed by atoms with Gasteiger partial charge in [0.05, 0.1) is 12.7 Å². The van der Waals surface area contributed by atoms with Gasteiger partial charge in [-0.3, -0.25) is 0 Å². The quantitative estimate of drug-likeness (QED) is 0.490. The minimum absolute atomic E-state index is 0.405. The highest BCUT2D eigenvalue weighted by molar-refractivity contribution is 9.10. The molecule has 0 fully saturated rings. The van der Waals surface area contributed by atoms with Gasteiger partial charge < -0.3 is 14.8 Å². The lowest BCUT2D eigenvalue weighted by Crippen LogP contribution is -2.18. The maximum absolute atomic E-state index is 6.26. The lowest BCUT2D eigenvalue weighted by molar-refractivity contribution is 0.220. The number of anilines is 1. The molecule has 1 atom stereocenters. The van der Waals surface area contributed by atoms with Crippen molar-refractivity contribution in [2.24, 2.45) is 0 Å². The number of hydrogen-bond acceptors (Lipinski definition) is 7. The summed E-state index contributed by atoms with van der Waals surface area (Å²) in [7, 11) is 1.61. The average molecular weight is 480 g/mol. The molecule has 6 nitrogen and oxygen atoms in total. The topological polar surface area (TPSA) is 69.2 Å². The molecule has 0 radical (unpaired) electrons. The van der Waals surface area contributed by atoms with Crippen molar-refractivity contribution < 1.29 is 9.47 Å². The standard InChI is InChI=1S/C19H16BrClN4O2S/c1-3-28-19-23-18-16(24-25-19)12-8-10(20)4-6-14(12)22-17(27-18)13-9-11(21)5-7-15(13)26-2/h4-9,17,22H,3H2,1-2H3. The van der Waals surface area contributed by atoms with Crippen LogP contribution in [-0.4, -0.2) is 28.0 Å². The molecule has 1 N–H and O–H groups in total. The number of halogens is 2. The lowest BCUT2D eigenvalue weighted by atomic mass is 10.1. The second kappa shape index (κ2) is 8.14. The molecule has 1 aliphatic rings. The van der Waals surface area contributed by atoms with Crippen molar-refractivity contribution in [2.75, 3.05) is 18.2 Å². The Labute approximate surface area is 180 Å². The van der Waals surface area contributed by atoms with Crippen LogP contribution in [0.25, 0.3) is 11.3 Å². The first kappa shape index (κ1) is 19.3. The van der Waals surface area contributed by atoms with E-state index in [2.05, 4.69) is 36.4 Å². The van der Waals surface area contributed by atoms with Gasteiger partial charge in [-0.25, -0.2) is 0 Å². The minimum Gasteiger partial charge on any atom is -0.496 e. The minimum atomic E-state index is -0.564. The van der Waals surface area contributed by atoms with Crippen LogP contribution in [0.5, 0.6) is 11.6 Å². The van der Waals surface area contributed by atoms with Gasteiger partial charge in [0, 0.05) is 20.7 Å². The van der Waals surface area contributed by atoms with Crippen molar-refractivity contribution in [1.29, 1.82) is 0 Å². The van der Waals surface area contributed by atoms with Crippen LogP contribution in [0.1, 0.15) is 18.7 Å². The van der Waals surface area contributed by atoms with Crippen molar-refractivity contribution in [3.05, 3.63) is 51.5 Å². The molecule has 28 heavy (non-hydrogen) atoms. The summed E-state index contributed by atoms with van der Waals surface area (Å²) >= 11 is 11.3. The van der Waals surface area contributed by atoms with Gasteiger partial charge in [-0.2, -0.15) is 4.98 Å². The Morgan fingerprint density at radius 3 is 2.89 bits per heavy atom. The Balaban J connectivity index is 1.88. The van der Waals surface area contributed by atoms with E-state index in [1.54, 1.807) is 13.2 Å². The van der Waals surface area contributed by atoms with E-state index in [1.165, 1.54) is 11.8 Å². The first-order valence-corrected chi connectivity index (χ1v) is 10.7. The highest BCUT2D eigenvalue weighted by Crippen LogP contribution is 2.42. The first-order chi connectivity index (χ1) is 13.6. The highest BCUT2D eigenvalue weighted by atomic mass is 79.9. The van der Waals surface area contributed by atoms with Crippen LogP contribution < -0.4 is 14.8 Å². The molecule has 2 aromatic carbocycles. The summed E-state index contributed by atoms with van der Waals surface area (Å²) in [6, 6.07) is 11.3. The Morgan fingerprint density at radius 1 is 1.25 bits per heavy atom. The predicted octanol–water partition coefficient (Wildman–Crippen LogP) is 5.58. The zero-order valence-electron chi connectivity index (χ0n) is 15.1. The number of methoxy groups -OCH3 is 1. The fourth-order valence-electron chi connectivity index (χ4n) is 2.91. The van der Waals surface area contributed by atoms with Gasteiger partial charge in [0.15, 0.2) is 5.69 Å². The summed E-state index contributed by atoms with van der Waals surface area (Å²) in [4.78, 5) is 4.58. The first-order valence-electron chi connectivity index (χ1n) is 8.53. The Hall–Kier alpha value is -2.03. The number of hydrogen-bond donors (Lipinski definition) is 1. The van der Waals surface area contributed by atoms with Crippen LogP contribution in [0.15, 0.2) is 46.0 Å². The summed E-state index contributed by atoms with van der Waals surface area (Å²) in [5, 5.41) is 13.2. The van der Waals surface area contributed by atoms with Crippen LogP contribution in [0.4, 0.5) is 5.69 Å². The fourth-order valence-corrected chi connectivity index (χ4v) is 3.96. The number of nitrogens with zero attached hydrogens (tertiary/aromatic N) is 3. The van der Waals surface area contributed by atoms with Crippen molar-refractivity contribution in [3.8, 4) is 22.9 Å². The van der Waals surface area contributed by atoms with E-state index in [-0.39, 0.29) is 0 Å². The van der Waals surface area contributed by atoms with Crippen molar-refractivity contribution in [2.45, 2.75) is 18.3 Å². The van der Waals surface area contributed by atoms with Gasteiger partial charge in [-0.15, -0.1) is 10.2 Å². The lowest BCUT2D eigenvalue weighted by Gasteiger charge is -2.21. The van der Waals surface area contributed by atoms with Gasteiger partial charge in [0.1, 0.15) is 5.75 Å². The summed E-state index contributed by atoms with van der Waals surface area (Å²) in [6.45, 7) is 2.04. The summed E-state index contributed by atoms with van der Waals surface area (Å²) in [5.74, 6) is 1.91. The molecular weight excluding hydrogens is 464 g/mol. The summed E-state index contributed by atoms with van der Waals surface area (Å²) < 4.78 is 12.7. The van der Waals surface area contributed by atoms with Crippen LogP contribution >= 0.6 is 39.3 Å². The molecular formula is C19H16BrClN4O2S. The zero-order valence-corrected chi connectivity index (χ0v) is 18.2. The molecule has 0 saturated heterocycles. The third kappa shape index (κ3) is 3.76. The maximum Gasteiger partial charge on any atom is 0.247 e. The van der Waals surface area contributed by atoms with E-state index in [9.17, 15) is 0 Å². The molecule has 2 heterocycles. The molecule has 0 spiro atoms. The van der Waals surface area contributed by atoms with Crippen LogP contribution in [0.3, 0.4) is 0 Å². The number of ether oxygens (including phenoxy) is 2. The third-order valence-corrected chi connectivity index (χ3v) is 5.58. The van der Waals surface area contributed by atoms with Crippen molar-refractivity contribution >= 4 is 45.0 Å². The van der Waals surface area contributed by atoms with Crippen LogP contribution in [0, 0.1) is 0 Å². The molecule has 3 aromatic rings. The van der Waals surface area contributed by atoms with E-state index in [4.69, 9.17) is 21.1 Å². The molecule has 144 valence electrons. The second-order valence-electron chi connectivity index (χ2n) is 5.90. The van der Waals surface area contributed by atoms with Gasteiger partial charge >= 0.3 is 0 Å². The number of thioether (sulfide) groups is 1. The van der Waals surface area contributed by atoms with Gasteiger partial charge in [0.2, 0.25) is 17.3 Å². The maximum atomic E-state index is 6.26. The Morgan fingerprint density at radius 2 is 2.11 bits per heavy atom. The third-order valence-electron chi connectivity index (χ3n) is 4.14. The van der Waals surface area contributed by atoms with E-state index in [1.807, 2.05) is 37.3 Å². The summed E-state index contributed by atoms with van der Waals surface area (Å²) in [6.07, 6.45) is -0.564.